The Balaban J connectivity index is 1.85. The van der Waals surface area contributed by atoms with Crippen LogP contribution in [0.15, 0.2) is 30.3 Å². The second kappa shape index (κ2) is 5.90. The third kappa shape index (κ3) is 2.99. The minimum Gasteiger partial charge on any atom is -0.377 e. The van der Waals surface area contributed by atoms with Gasteiger partial charge in [0.15, 0.2) is 0 Å². The van der Waals surface area contributed by atoms with Gasteiger partial charge in [-0.1, -0.05) is 44.4 Å². The number of fused-ring (bicyclic) bond motifs is 1. The zero-order valence-corrected chi connectivity index (χ0v) is 10.6. The van der Waals surface area contributed by atoms with E-state index in [4.69, 9.17) is 0 Å². The summed E-state index contributed by atoms with van der Waals surface area (Å²) in [7, 11) is 0. The van der Waals surface area contributed by atoms with Crippen LogP contribution in [0.1, 0.15) is 32.6 Å². The Morgan fingerprint density at radius 2 is 2.00 bits per heavy atom. The highest BCUT2D eigenvalue weighted by molar-refractivity contribution is 7.22. The molecule has 0 amide bonds. The summed E-state index contributed by atoms with van der Waals surface area (Å²) >= 11 is 1.85. The zero-order chi connectivity index (χ0) is 11.2. The quantitative estimate of drug-likeness (QED) is 0.700. The van der Waals surface area contributed by atoms with E-state index in [1.807, 2.05) is 11.3 Å². The number of hydrogen-bond donors (Lipinski definition) is 1. The van der Waals surface area contributed by atoms with Crippen molar-refractivity contribution in [1.29, 1.82) is 0 Å². The molecule has 16 heavy (non-hydrogen) atoms. The first-order chi connectivity index (χ1) is 7.90. The molecule has 0 aliphatic heterocycles. The van der Waals surface area contributed by atoms with E-state index in [9.17, 15) is 0 Å². The maximum absolute atomic E-state index is 3.51. The number of rotatable bonds is 6. The molecule has 0 aliphatic carbocycles. The minimum absolute atomic E-state index is 1.10. The second-order valence-electron chi connectivity index (χ2n) is 4.14. The van der Waals surface area contributed by atoms with Gasteiger partial charge in [-0.15, -0.1) is 11.3 Å². The van der Waals surface area contributed by atoms with E-state index in [2.05, 4.69) is 42.6 Å². The Bertz CT molecular complexity index is 400. The van der Waals surface area contributed by atoms with Crippen LogP contribution in [0.3, 0.4) is 0 Å². The van der Waals surface area contributed by atoms with E-state index in [1.165, 1.54) is 40.8 Å². The second-order valence-corrected chi connectivity index (χ2v) is 5.22. The SMILES string of the molecule is CCCCCCNc1cc2ccccc2s1. The van der Waals surface area contributed by atoms with Crippen molar-refractivity contribution in [2.24, 2.45) is 0 Å². The fraction of sp³-hybridized carbons (Fsp3) is 0.429. The summed E-state index contributed by atoms with van der Waals surface area (Å²) in [6, 6.07) is 10.8. The molecule has 86 valence electrons. The van der Waals surface area contributed by atoms with Crippen molar-refractivity contribution < 1.29 is 0 Å². The van der Waals surface area contributed by atoms with E-state index in [1.54, 1.807) is 0 Å². The molecule has 0 unspecified atom stereocenters. The molecule has 0 saturated heterocycles. The number of nitrogens with one attached hydrogen (secondary N) is 1. The first kappa shape index (κ1) is 11.5. The van der Waals surface area contributed by atoms with Gasteiger partial charge in [0.2, 0.25) is 0 Å². The maximum atomic E-state index is 3.51. The standard InChI is InChI=1S/C14H19NS/c1-2-3-4-7-10-15-14-11-12-8-5-6-9-13(12)16-14/h5-6,8-9,11,15H,2-4,7,10H2,1H3. The molecule has 2 aromatic rings. The Morgan fingerprint density at radius 3 is 2.81 bits per heavy atom. The summed E-state index contributed by atoms with van der Waals surface area (Å²) in [6.45, 7) is 3.35. The van der Waals surface area contributed by atoms with Crippen molar-refractivity contribution in [3.05, 3.63) is 30.3 Å². The van der Waals surface area contributed by atoms with Gasteiger partial charge in [-0.25, -0.2) is 0 Å². The van der Waals surface area contributed by atoms with Crippen LogP contribution in [0, 0.1) is 0 Å². The van der Waals surface area contributed by atoms with Gasteiger partial charge in [0, 0.05) is 11.2 Å². The van der Waals surface area contributed by atoms with Gasteiger partial charge < -0.3 is 5.32 Å². The van der Waals surface area contributed by atoms with E-state index >= 15 is 0 Å². The van der Waals surface area contributed by atoms with Crippen LogP contribution < -0.4 is 5.32 Å². The predicted molar refractivity (Wildman–Crippen MR) is 74.5 cm³/mol. The molecule has 1 nitrogen and oxygen atoms in total. The molecule has 0 spiro atoms. The highest BCUT2D eigenvalue weighted by Crippen LogP contribution is 2.29. The van der Waals surface area contributed by atoms with Crippen LogP contribution in [0.4, 0.5) is 5.00 Å². The summed E-state index contributed by atoms with van der Waals surface area (Å²) in [6.07, 6.45) is 5.29. The van der Waals surface area contributed by atoms with Crippen molar-refractivity contribution in [2.75, 3.05) is 11.9 Å². The third-order valence-electron chi connectivity index (χ3n) is 2.76. The Kier molecular flexibility index (Phi) is 4.23. The predicted octanol–water partition coefficient (Wildman–Crippen LogP) is 4.89. The third-order valence-corrected chi connectivity index (χ3v) is 3.83. The molecule has 0 saturated carbocycles. The van der Waals surface area contributed by atoms with Gasteiger partial charge in [-0.2, -0.15) is 0 Å². The normalized spacial score (nSPS) is 10.8. The molecular formula is C14H19NS. The molecule has 1 aromatic heterocycles. The van der Waals surface area contributed by atoms with Crippen LogP contribution in [-0.4, -0.2) is 6.54 Å². The number of anilines is 1. The highest BCUT2D eigenvalue weighted by atomic mass is 32.1. The Morgan fingerprint density at radius 1 is 1.12 bits per heavy atom. The van der Waals surface area contributed by atoms with Crippen LogP contribution in [-0.2, 0) is 0 Å². The van der Waals surface area contributed by atoms with Crippen molar-refractivity contribution >= 4 is 26.4 Å². The lowest BCUT2D eigenvalue weighted by molar-refractivity contribution is 0.685. The lowest BCUT2D eigenvalue weighted by Gasteiger charge is -2.01. The van der Waals surface area contributed by atoms with Crippen LogP contribution >= 0.6 is 11.3 Å². The summed E-state index contributed by atoms with van der Waals surface area (Å²) in [5.74, 6) is 0. The van der Waals surface area contributed by atoms with Gasteiger partial charge in [-0.3, -0.25) is 0 Å². The molecule has 0 radical (unpaired) electrons. The van der Waals surface area contributed by atoms with E-state index < -0.39 is 0 Å². The fourth-order valence-electron chi connectivity index (χ4n) is 1.83. The van der Waals surface area contributed by atoms with Gasteiger partial charge >= 0.3 is 0 Å². The van der Waals surface area contributed by atoms with Crippen molar-refractivity contribution in [3.63, 3.8) is 0 Å². The van der Waals surface area contributed by atoms with Crippen LogP contribution in [0.25, 0.3) is 10.1 Å². The average molecular weight is 233 g/mol. The molecule has 2 rings (SSSR count). The van der Waals surface area contributed by atoms with Gasteiger partial charge in [-0.05, 0) is 23.9 Å². The van der Waals surface area contributed by atoms with Crippen molar-refractivity contribution in [3.8, 4) is 0 Å². The molecule has 0 bridgehead atoms. The van der Waals surface area contributed by atoms with Gasteiger partial charge in [0.25, 0.3) is 0 Å². The van der Waals surface area contributed by atoms with Gasteiger partial charge in [0.1, 0.15) is 0 Å². The molecule has 1 aromatic carbocycles. The summed E-state index contributed by atoms with van der Waals surface area (Å²) in [5, 5.41) is 6.17. The smallest absolute Gasteiger partial charge is 0.0894 e. The lowest BCUT2D eigenvalue weighted by atomic mass is 10.2. The van der Waals surface area contributed by atoms with Crippen molar-refractivity contribution in [1.82, 2.24) is 0 Å². The molecular weight excluding hydrogens is 214 g/mol. The number of thiophene rings is 1. The Labute approximate surface area is 101 Å². The molecule has 1 heterocycles. The first-order valence-corrected chi connectivity index (χ1v) is 6.94. The van der Waals surface area contributed by atoms with Gasteiger partial charge in [0.05, 0.1) is 5.00 Å². The highest BCUT2D eigenvalue weighted by Gasteiger charge is 1.99. The Hall–Kier alpha value is -1.02. The molecule has 0 aliphatic rings. The van der Waals surface area contributed by atoms with E-state index in [-0.39, 0.29) is 0 Å². The molecule has 0 atom stereocenters. The average Bonchev–Trinajstić information content (AvgIpc) is 2.71. The summed E-state index contributed by atoms with van der Waals surface area (Å²) < 4.78 is 1.37. The summed E-state index contributed by atoms with van der Waals surface area (Å²) in [5.41, 5.74) is 0. The number of benzene rings is 1. The van der Waals surface area contributed by atoms with Crippen LogP contribution in [0.2, 0.25) is 0 Å². The van der Waals surface area contributed by atoms with E-state index in [0.29, 0.717) is 0 Å². The fourth-order valence-corrected chi connectivity index (χ4v) is 2.82. The maximum Gasteiger partial charge on any atom is 0.0894 e. The summed E-state index contributed by atoms with van der Waals surface area (Å²) in [4.78, 5) is 0. The van der Waals surface area contributed by atoms with Crippen LogP contribution in [0.5, 0.6) is 0 Å². The number of hydrogen-bond acceptors (Lipinski definition) is 2. The number of unbranched alkanes of at least 4 members (excludes halogenated alkanes) is 3. The topological polar surface area (TPSA) is 12.0 Å². The first-order valence-electron chi connectivity index (χ1n) is 6.12. The zero-order valence-electron chi connectivity index (χ0n) is 9.83. The molecule has 1 N–H and O–H groups in total. The molecule has 0 fully saturated rings. The monoisotopic (exact) mass is 233 g/mol. The largest absolute Gasteiger partial charge is 0.377 e. The lowest BCUT2D eigenvalue weighted by Crippen LogP contribution is -1.98. The minimum atomic E-state index is 1.10. The van der Waals surface area contributed by atoms with Crippen molar-refractivity contribution in [2.45, 2.75) is 32.6 Å². The molecule has 2 heteroatoms. The van der Waals surface area contributed by atoms with E-state index in [0.717, 1.165) is 6.54 Å².